The Morgan fingerprint density at radius 1 is 1.20 bits per heavy atom. The van der Waals surface area contributed by atoms with Crippen molar-refractivity contribution in [1.82, 2.24) is 4.90 Å². The van der Waals surface area contributed by atoms with Gasteiger partial charge in [-0.05, 0) is 18.3 Å². The molecule has 0 radical (unpaired) electrons. The minimum atomic E-state index is -0.413. The monoisotopic (exact) mass is 348 g/mol. The molecule has 4 rings (SSSR count). The maximum Gasteiger partial charge on any atom is 0.355 e. The number of carbonyl (C=O) groups excluding carboxylic acids is 2. The highest BCUT2D eigenvalue weighted by molar-refractivity contribution is 6.36. The molecule has 2 aliphatic carbocycles. The summed E-state index contributed by atoms with van der Waals surface area (Å²) in [6, 6.07) is 0. The van der Waals surface area contributed by atoms with Crippen molar-refractivity contribution in [3.05, 3.63) is 0 Å². The van der Waals surface area contributed by atoms with E-state index in [1.807, 2.05) is 4.90 Å². The number of esters is 1. The van der Waals surface area contributed by atoms with E-state index >= 15 is 0 Å². The summed E-state index contributed by atoms with van der Waals surface area (Å²) in [4.78, 5) is 32.0. The summed E-state index contributed by atoms with van der Waals surface area (Å²) in [6.45, 7) is 1.41. The third-order valence-corrected chi connectivity index (χ3v) is 6.66. The molecule has 6 nitrogen and oxygen atoms in total. The summed E-state index contributed by atoms with van der Waals surface area (Å²) in [5, 5.41) is 3.91. The number of oxime groups is 1. The second-order valence-corrected chi connectivity index (χ2v) is 8.21. The minimum absolute atomic E-state index is 0.267. The molecule has 138 valence electrons. The molecule has 2 heterocycles. The fraction of sp³-hybridized carbons (Fsp3) is 0.842. The standard InChI is InChI=1S/C19H28N2O4/c1-24-18(23)16-12-19(25-20-16)7-9-21(10-8-19)17(22)15-11-14(15)13-5-3-2-4-6-13/h13-15H,2-12H2,1H3/t14-,15+/m1/s1. The normalized spacial score (nSPS) is 31.4. The van der Waals surface area contributed by atoms with Crippen molar-refractivity contribution >= 4 is 17.6 Å². The molecule has 1 spiro atoms. The molecule has 0 bridgehead atoms. The van der Waals surface area contributed by atoms with Gasteiger partial charge in [-0.2, -0.15) is 0 Å². The van der Waals surface area contributed by atoms with Gasteiger partial charge in [0.25, 0.3) is 0 Å². The van der Waals surface area contributed by atoms with Crippen LogP contribution in [0.25, 0.3) is 0 Å². The zero-order valence-electron chi connectivity index (χ0n) is 15.0. The van der Waals surface area contributed by atoms with Gasteiger partial charge in [0.2, 0.25) is 5.91 Å². The number of methoxy groups -OCH3 is 1. The fourth-order valence-corrected chi connectivity index (χ4v) is 4.97. The third kappa shape index (κ3) is 3.27. The largest absolute Gasteiger partial charge is 0.464 e. The number of hydrogen-bond donors (Lipinski definition) is 0. The zero-order chi connectivity index (χ0) is 17.4. The van der Waals surface area contributed by atoms with Gasteiger partial charge in [0.05, 0.1) is 7.11 Å². The predicted molar refractivity (Wildman–Crippen MR) is 91.9 cm³/mol. The summed E-state index contributed by atoms with van der Waals surface area (Å²) < 4.78 is 4.72. The molecule has 3 fully saturated rings. The Hall–Kier alpha value is -1.59. The summed E-state index contributed by atoms with van der Waals surface area (Å²) in [6.07, 6.45) is 9.76. The van der Waals surface area contributed by atoms with Crippen LogP contribution in [0.1, 0.15) is 57.8 Å². The first-order valence-electron chi connectivity index (χ1n) is 9.74. The quantitative estimate of drug-likeness (QED) is 0.735. The van der Waals surface area contributed by atoms with Crippen LogP contribution < -0.4 is 0 Å². The van der Waals surface area contributed by atoms with Crippen molar-refractivity contribution in [3.8, 4) is 0 Å². The molecule has 6 heteroatoms. The second kappa shape index (κ2) is 6.61. The van der Waals surface area contributed by atoms with Crippen molar-refractivity contribution in [2.75, 3.05) is 20.2 Å². The van der Waals surface area contributed by atoms with E-state index in [2.05, 4.69) is 5.16 Å². The lowest BCUT2D eigenvalue weighted by Crippen LogP contribution is -2.47. The van der Waals surface area contributed by atoms with Crippen LogP contribution in [0.4, 0.5) is 0 Å². The lowest BCUT2D eigenvalue weighted by molar-refractivity contribution is -0.139. The van der Waals surface area contributed by atoms with E-state index in [0.717, 1.165) is 25.2 Å². The van der Waals surface area contributed by atoms with Gasteiger partial charge in [0.1, 0.15) is 5.60 Å². The number of rotatable bonds is 3. The van der Waals surface area contributed by atoms with Crippen LogP contribution in [0.5, 0.6) is 0 Å². The first-order chi connectivity index (χ1) is 12.1. The maximum atomic E-state index is 12.8. The van der Waals surface area contributed by atoms with Crippen molar-refractivity contribution in [2.24, 2.45) is 22.9 Å². The Kier molecular flexibility index (Phi) is 4.46. The molecular formula is C19H28N2O4. The molecule has 0 unspecified atom stereocenters. The highest BCUT2D eigenvalue weighted by Crippen LogP contribution is 2.50. The van der Waals surface area contributed by atoms with Crippen molar-refractivity contribution < 1.29 is 19.2 Å². The van der Waals surface area contributed by atoms with Crippen LogP contribution in [0.3, 0.4) is 0 Å². The van der Waals surface area contributed by atoms with Gasteiger partial charge in [-0.1, -0.05) is 37.3 Å². The molecule has 2 aliphatic heterocycles. The Labute approximate surface area is 148 Å². The molecule has 2 atom stereocenters. The number of ether oxygens (including phenoxy) is 1. The molecular weight excluding hydrogens is 320 g/mol. The van der Waals surface area contributed by atoms with Gasteiger partial charge < -0.3 is 14.5 Å². The summed E-state index contributed by atoms with van der Waals surface area (Å²) in [5.41, 5.74) is -0.0473. The Balaban J connectivity index is 1.27. The molecule has 4 aliphatic rings. The smallest absolute Gasteiger partial charge is 0.355 e. The number of likely N-dealkylation sites (tertiary alicyclic amines) is 1. The molecule has 2 saturated carbocycles. The first kappa shape index (κ1) is 16.9. The van der Waals surface area contributed by atoms with Gasteiger partial charge in [0, 0.05) is 38.3 Å². The molecule has 0 aromatic rings. The van der Waals surface area contributed by atoms with E-state index < -0.39 is 11.6 Å². The highest BCUT2D eigenvalue weighted by Gasteiger charge is 2.51. The van der Waals surface area contributed by atoms with E-state index in [1.54, 1.807) is 0 Å². The maximum absolute atomic E-state index is 12.8. The number of piperidine rings is 1. The molecule has 1 amide bonds. The van der Waals surface area contributed by atoms with E-state index in [9.17, 15) is 9.59 Å². The first-order valence-corrected chi connectivity index (χ1v) is 9.74. The predicted octanol–water partition coefficient (Wildman–Crippen LogP) is 2.51. The topological polar surface area (TPSA) is 68.2 Å². The second-order valence-electron chi connectivity index (χ2n) is 8.21. The third-order valence-electron chi connectivity index (χ3n) is 6.66. The van der Waals surface area contributed by atoms with Gasteiger partial charge >= 0.3 is 5.97 Å². The van der Waals surface area contributed by atoms with Crippen LogP contribution >= 0.6 is 0 Å². The van der Waals surface area contributed by atoms with Crippen LogP contribution in [-0.4, -0.2) is 48.3 Å². The van der Waals surface area contributed by atoms with E-state index in [0.29, 0.717) is 37.0 Å². The molecule has 0 N–H and O–H groups in total. The molecule has 1 saturated heterocycles. The van der Waals surface area contributed by atoms with Gasteiger partial charge in [0.15, 0.2) is 5.71 Å². The number of hydrogen-bond acceptors (Lipinski definition) is 5. The van der Waals surface area contributed by atoms with Gasteiger partial charge in [-0.25, -0.2) is 4.79 Å². The molecule has 0 aromatic heterocycles. The zero-order valence-corrected chi connectivity index (χ0v) is 15.0. The van der Waals surface area contributed by atoms with E-state index in [4.69, 9.17) is 9.57 Å². The summed E-state index contributed by atoms with van der Waals surface area (Å²) >= 11 is 0. The minimum Gasteiger partial charge on any atom is -0.464 e. The van der Waals surface area contributed by atoms with Gasteiger partial charge in [-0.15, -0.1) is 0 Å². The Bertz CT molecular complexity index is 574. The Morgan fingerprint density at radius 3 is 2.60 bits per heavy atom. The lowest BCUT2D eigenvalue weighted by Gasteiger charge is -2.37. The number of carbonyl (C=O) groups is 2. The average molecular weight is 348 g/mol. The SMILES string of the molecule is COC(=O)C1=NOC2(CCN(C(=O)[C@H]3C[C@@H]3C3CCCCC3)CC2)C1. The van der Waals surface area contributed by atoms with E-state index in [-0.39, 0.29) is 5.92 Å². The van der Waals surface area contributed by atoms with Gasteiger partial charge in [-0.3, -0.25) is 4.79 Å². The average Bonchev–Trinajstić information content (AvgIpc) is 3.37. The van der Waals surface area contributed by atoms with Crippen LogP contribution in [0, 0.1) is 17.8 Å². The van der Waals surface area contributed by atoms with E-state index in [1.165, 1.54) is 39.2 Å². The van der Waals surface area contributed by atoms with Crippen molar-refractivity contribution in [3.63, 3.8) is 0 Å². The van der Waals surface area contributed by atoms with Crippen molar-refractivity contribution in [2.45, 2.75) is 63.4 Å². The van der Waals surface area contributed by atoms with Crippen molar-refractivity contribution in [1.29, 1.82) is 0 Å². The van der Waals surface area contributed by atoms with Crippen LogP contribution in [0.2, 0.25) is 0 Å². The number of nitrogens with zero attached hydrogens (tertiary/aromatic N) is 2. The lowest BCUT2D eigenvalue weighted by atomic mass is 9.84. The Morgan fingerprint density at radius 2 is 1.92 bits per heavy atom. The summed E-state index contributed by atoms with van der Waals surface area (Å²) in [7, 11) is 1.36. The molecule has 25 heavy (non-hydrogen) atoms. The fourth-order valence-electron chi connectivity index (χ4n) is 4.97. The van der Waals surface area contributed by atoms with Crippen LogP contribution in [-0.2, 0) is 19.2 Å². The number of amides is 1. The summed E-state index contributed by atoms with van der Waals surface area (Å²) in [5.74, 6) is 1.62. The highest BCUT2D eigenvalue weighted by atomic mass is 16.7. The van der Waals surface area contributed by atoms with Crippen LogP contribution in [0.15, 0.2) is 5.16 Å². The molecule has 0 aromatic carbocycles.